The van der Waals surface area contributed by atoms with E-state index in [-0.39, 0.29) is 29.9 Å². The monoisotopic (exact) mass is 461 g/mol. The summed E-state index contributed by atoms with van der Waals surface area (Å²) < 4.78 is 5.49. The van der Waals surface area contributed by atoms with E-state index >= 15 is 0 Å². The van der Waals surface area contributed by atoms with Gasteiger partial charge in [0.1, 0.15) is 5.75 Å². The number of nitrogens with zero attached hydrogens (tertiary/aromatic N) is 1. The number of amides is 3. The van der Waals surface area contributed by atoms with Gasteiger partial charge >= 0.3 is 0 Å². The predicted octanol–water partition coefficient (Wildman–Crippen LogP) is 3.67. The molecule has 1 fully saturated rings. The fraction of sp³-hybridized carbons (Fsp3) is 0.227. The van der Waals surface area contributed by atoms with Crippen molar-refractivity contribution in [2.75, 3.05) is 29.9 Å². The zero-order valence-electron chi connectivity index (χ0n) is 16.6. The Morgan fingerprint density at radius 2 is 1.94 bits per heavy atom. The highest BCUT2D eigenvalue weighted by molar-refractivity contribution is 6.44. The van der Waals surface area contributed by atoms with Gasteiger partial charge in [-0.3, -0.25) is 14.4 Å². The van der Waals surface area contributed by atoms with Crippen LogP contribution in [-0.2, 0) is 14.4 Å². The number of nitrogens with one attached hydrogen (secondary N) is 2. The summed E-state index contributed by atoms with van der Waals surface area (Å²) in [5.74, 6) is -0.614. The van der Waals surface area contributed by atoms with Gasteiger partial charge in [0.25, 0.3) is 5.91 Å². The van der Waals surface area contributed by atoms with Crippen LogP contribution in [0, 0.1) is 5.92 Å². The fourth-order valence-corrected chi connectivity index (χ4v) is 3.46. The Hall–Kier alpha value is -3.03. The summed E-state index contributed by atoms with van der Waals surface area (Å²) in [4.78, 5) is 38.1. The summed E-state index contributed by atoms with van der Waals surface area (Å²) in [5.41, 5.74) is 1.06. The topological polar surface area (TPSA) is 87.7 Å². The molecule has 2 aromatic carbocycles. The van der Waals surface area contributed by atoms with E-state index < -0.39 is 11.8 Å². The predicted molar refractivity (Wildman–Crippen MR) is 121 cm³/mol. The SMILES string of the molecule is C=CCNC(=O)[C@H]1CC(=O)N(c2ccc(OCC(=O)Nc3cccc(Cl)c3Cl)cc2)C1. The number of rotatable bonds is 8. The molecule has 0 radical (unpaired) electrons. The van der Waals surface area contributed by atoms with Gasteiger partial charge in [0.05, 0.1) is 21.7 Å². The largest absolute Gasteiger partial charge is 0.484 e. The number of carbonyl (C=O) groups excluding carboxylic acids is 3. The van der Waals surface area contributed by atoms with Crippen molar-refractivity contribution in [3.05, 3.63) is 65.2 Å². The molecule has 2 N–H and O–H groups in total. The average molecular weight is 462 g/mol. The first-order valence-corrected chi connectivity index (χ1v) is 10.3. The summed E-state index contributed by atoms with van der Waals surface area (Å²) in [6, 6.07) is 11.7. The van der Waals surface area contributed by atoms with Crippen molar-refractivity contribution >= 4 is 52.3 Å². The third kappa shape index (κ3) is 5.77. The van der Waals surface area contributed by atoms with Crippen molar-refractivity contribution in [3.63, 3.8) is 0 Å². The van der Waals surface area contributed by atoms with Crippen molar-refractivity contribution in [2.45, 2.75) is 6.42 Å². The zero-order valence-corrected chi connectivity index (χ0v) is 18.1. The van der Waals surface area contributed by atoms with Crippen LogP contribution >= 0.6 is 23.2 Å². The molecular weight excluding hydrogens is 441 g/mol. The van der Waals surface area contributed by atoms with Crippen molar-refractivity contribution < 1.29 is 19.1 Å². The van der Waals surface area contributed by atoms with Gasteiger partial charge in [-0.05, 0) is 36.4 Å². The third-order valence-corrected chi connectivity index (χ3v) is 5.48. The number of halogens is 2. The molecule has 3 amide bonds. The molecule has 1 aliphatic rings. The van der Waals surface area contributed by atoms with Gasteiger partial charge in [0.15, 0.2) is 6.61 Å². The van der Waals surface area contributed by atoms with Gasteiger partial charge in [0.2, 0.25) is 11.8 Å². The summed E-state index contributed by atoms with van der Waals surface area (Å²) in [6.07, 6.45) is 1.75. The molecule has 0 saturated carbocycles. The van der Waals surface area contributed by atoms with Crippen LogP contribution < -0.4 is 20.3 Å². The third-order valence-electron chi connectivity index (χ3n) is 4.66. The maximum absolute atomic E-state index is 12.3. The molecule has 31 heavy (non-hydrogen) atoms. The summed E-state index contributed by atoms with van der Waals surface area (Å²) in [6.45, 7) is 4.01. The van der Waals surface area contributed by atoms with Crippen LogP contribution in [0.4, 0.5) is 11.4 Å². The second kappa shape index (κ2) is 10.3. The van der Waals surface area contributed by atoms with Gasteiger partial charge in [-0.25, -0.2) is 0 Å². The highest BCUT2D eigenvalue weighted by Crippen LogP contribution is 2.30. The maximum atomic E-state index is 12.3. The molecule has 9 heteroatoms. The number of benzene rings is 2. The smallest absolute Gasteiger partial charge is 0.262 e. The lowest BCUT2D eigenvalue weighted by Crippen LogP contribution is -2.32. The molecule has 162 valence electrons. The van der Waals surface area contributed by atoms with E-state index in [2.05, 4.69) is 17.2 Å². The van der Waals surface area contributed by atoms with Gasteiger partial charge in [-0.2, -0.15) is 0 Å². The first-order chi connectivity index (χ1) is 14.9. The molecule has 1 saturated heterocycles. The van der Waals surface area contributed by atoms with Crippen molar-refractivity contribution in [1.82, 2.24) is 5.32 Å². The lowest BCUT2D eigenvalue weighted by molar-refractivity contribution is -0.126. The first kappa shape index (κ1) is 22.7. The van der Waals surface area contributed by atoms with Crippen LogP contribution in [0.5, 0.6) is 5.75 Å². The Kier molecular flexibility index (Phi) is 7.55. The van der Waals surface area contributed by atoms with E-state index in [1.54, 1.807) is 53.4 Å². The summed E-state index contributed by atoms with van der Waals surface area (Å²) in [7, 11) is 0. The van der Waals surface area contributed by atoms with Crippen molar-refractivity contribution in [1.29, 1.82) is 0 Å². The highest BCUT2D eigenvalue weighted by atomic mass is 35.5. The number of carbonyl (C=O) groups is 3. The minimum Gasteiger partial charge on any atom is -0.484 e. The van der Waals surface area contributed by atoms with Gasteiger partial charge < -0.3 is 20.3 Å². The number of ether oxygens (including phenoxy) is 1. The van der Waals surface area contributed by atoms with Crippen LogP contribution in [-0.4, -0.2) is 37.4 Å². The number of hydrogen-bond acceptors (Lipinski definition) is 4. The van der Waals surface area contributed by atoms with E-state index in [4.69, 9.17) is 27.9 Å². The van der Waals surface area contributed by atoms with E-state index in [1.807, 2.05) is 0 Å². The van der Waals surface area contributed by atoms with Crippen LogP contribution in [0.25, 0.3) is 0 Å². The zero-order chi connectivity index (χ0) is 22.4. The van der Waals surface area contributed by atoms with Gasteiger partial charge in [0, 0.05) is 25.2 Å². The quantitative estimate of drug-likeness (QED) is 0.587. The molecule has 1 aliphatic heterocycles. The average Bonchev–Trinajstić information content (AvgIpc) is 3.16. The Labute approximate surface area is 190 Å². The van der Waals surface area contributed by atoms with Crippen molar-refractivity contribution in [3.8, 4) is 5.75 Å². The minimum absolute atomic E-state index is 0.120. The molecule has 0 aliphatic carbocycles. The lowest BCUT2D eigenvalue weighted by atomic mass is 10.1. The molecule has 0 bridgehead atoms. The second-order valence-corrected chi connectivity index (χ2v) is 7.66. The van der Waals surface area contributed by atoms with Crippen LogP contribution in [0.2, 0.25) is 10.0 Å². The Bertz CT molecular complexity index is 995. The maximum Gasteiger partial charge on any atom is 0.262 e. The molecule has 1 heterocycles. The molecule has 7 nitrogen and oxygen atoms in total. The highest BCUT2D eigenvalue weighted by Gasteiger charge is 2.34. The first-order valence-electron chi connectivity index (χ1n) is 9.54. The molecule has 2 aromatic rings. The van der Waals surface area contributed by atoms with Crippen LogP contribution in [0.1, 0.15) is 6.42 Å². The van der Waals surface area contributed by atoms with Crippen LogP contribution in [0.3, 0.4) is 0 Å². The lowest BCUT2D eigenvalue weighted by Gasteiger charge is -2.17. The molecule has 1 atom stereocenters. The molecule has 3 rings (SSSR count). The second-order valence-electron chi connectivity index (χ2n) is 6.87. The number of anilines is 2. The van der Waals surface area contributed by atoms with E-state index in [9.17, 15) is 14.4 Å². The van der Waals surface area contributed by atoms with Gasteiger partial charge in [-0.15, -0.1) is 6.58 Å². The molecule has 0 spiro atoms. The number of hydrogen-bond donors (Lipinski definition) is 2. The summed E-state index contributed by atoms with van der Waals surface area (Å²) in [5, 5.41) is 5.95. The standard InChI is InChI=1S/C22H21Cl2N3O4/c1-2-10-25-22(30)14-11-20(29)27(12-14)15-6-8-16(9-7-15)31-13-19(28)26-18-5-3-4-17(23)21(18)24/h2-9,14H,1,10-13H2,(H,25,30)(H,26,28)/t14-/m0/s1. The normalized spacial score (nSPS) is 15.5. The van der Waals surface area contributed by atoms with Gasteiger partial charge in [-0.1, -0.05) is 35.3 Å². The minimum atomic E-state index is -0.398. The van der Waals surface area contributed by atoms with Crippen LogP contribution in [0.15, 0.2) is 55.1 Å². The van der Waals surface area contributed by atoms with Crippen molar-refractivity contribution in [2.24, 2.45) is 5.92 Å². The summed E-state index contributed by atoms with van der Waals surface area (Å²) >= 11 is 12.0. The van der Waals surface area contributed by atoms with E-state index in [1.165, 1.54) is 0 Å². The Morgan fingerprint density at radius 1 is 1.19 bits per heavy atom. The Morgan fingerprint density at radius 3 is 2.65 bits per heavy atom. The van der Waals surface area contributed by atoms with E-state index in [0.29, 0.717) is 35.2 Å². The molecular formula is C22H21Cl2N3O4. The fourth-order valence-electron chi connectivity index (χ4n) is 3.11. The molecule has 0 aromatic heterocycles. The van der Waals surface area contributed by atoms with E-state index in [0.717, 1.165) is 0 Å². The Balaban J connectivity index is 1.54. The molecule has 0 unspecified atom stereocenters.